The Labute approximate surface area is 126 Å². The van der Waals surface area contributed by atoms with Gasteiger partial charge in [-0.2, -0.15) is 0 Å². The molecule has 0 fully saturated rings. The van der Waals surface area contributed by atoms with E-state index in [2.05, 4.69) is 21.2 Å². The van der Waals surface area contributed by atoms with E-state index in [-0.39, 0.29) is 0 Å². The number of nitrogens with two attached hydrogens (primary N) is 1. The molecule has 2 aromatic carbocycles. The van der Waals surface area contributed by atoms with Crippen LogP contribution in [0.5, 0.6) is 0 Å². The average molecular weight is 335 g/mol. The molecule has 2 aromatic rings. The Kier molecular flexibility index (Phi) is 4.29. The number of aryl methyl sites for hydroxylation is 1. The molecule has 2 rings (SSSR count). The van der Waals surface area contributed by atoms with Crippen LogP contribution in [-0.4, -0.2) is 13.1 Å². The maximum absolute atomic E-state index is 11.8. The highest BCUT2D eigenvalue weighted by molar-refractivity contribution is 9.10. The summed E-state index contributed by atoms with van der Waals surface area (Å²) >= 11 is 3.49. The molecule has 0 heterocycles. The summed E-state index contributed by atoms with van der Waals surface area (Å²) in [5, 5.41) is 3.18. The predicted molar refractivity (Wildman–Crippen MR) is 84.4 cm³/mol. The van der Waals surface area contributed by atoms with E-state index in [1.54, 1.807) is 18.2 Å². The van der Waals surface area contributed by atoms with Gasteiger partial charge in [0.25, 0.3) is 0 Å². The minimum atomic E-state index is -0.428. The summed E-state index contributed by atoms with van der Waals surface area (Å²) < 4.78 is 5.67. The van der Waals surface area contributed by atoms with Crippen molar-refractivity contribution in [2.24, 2.45) is 0 Å². The highest BCUT2D eigenvalue weighted by Gasteiger charge is 2.15. The second-order valence-electron chi connectivity index (χ2n) is 4.37. The van der Waals surface area contributed by atoms with Gasteiger partial charge in [0.15, 0.2) is 0 Å². The molecule has 0 aliphatic heterocycles. The number of carbonyl (C=O) groups excluding carboxylic acids is 1. The Morgan fingerprint density at radius 3 is 2.70 bits per heavy atom. The molecule has 0 saturated carbocycles. The quantitative estimate of drug-likeness (QED) is 0.660. The van der Waals surface area contributed by atoms with E-state index < -0.39 is 5.97 Å². The molecule has 0 aromatic heterocycles. The second kappa shape index (κ2) is 5.96. The lowest BCUT2D eigenvalue weighted by Gasteiger charge is -2.14. The van der Waals surface area contributed by atoms with Gasteiger partial charge in [-0.15, -0.1) is 0 Å². The zero-order chi connectivity index (χ0) is 14.7. The van der Waals surface area contributed by atoms with Crippen molar-refractivity contribution in [2.45, 2.75) is 6.92 Å². The number of nitrogens with one attached hydrogen (secondary N) is 1. The minimum Gasteiger partial charge on any atom is -0.465 e. The van der Waals surface area contributed by atoms with Crippen molar-refractivity contribution < 1.29 is 9.53 Å². The predicted octanol–water partition coefficient (Wildman–Crippen LogP) is 3.87. The van der Waals surface area contributed by atoms with Gasteiger partial charge in [-0.05, 0) is 52.7 Å². The number of carbonyl (C=O) groups is 1. The fourth-order valence-electron chi connectivity index (χ4n) is 1.85. The number of ether oxygens (including phenoxy) is 1. The van der Waals surface area contributed by atoms with Gasteiger partial charge in [-0.25, -0.2) is 4.79 Å². The highest BCUT2D eigenvalue weighted by atomic mass is 79.9. The van der Waals surface area contributed by atoms with Crippen molar-refractivity contribution in [3.8, 4) is 0 Å². The van der Waals surface area contributed by atoms with Crippen molar-refractivity contribution in [3.63, 3.8) is 0 Å². The number of benzene rings is 2. The van der Waals surface area contributed by atoms with E-state index in [0.717, 1.165) is 15.7 Å². The van der Waals surface area contributed by atoms with Gasteiger partial charge in [0.1, 0.15) is 0 Å². The molecule has 3 N–H and O–H groups in total. The van der Waals surface area contributed by atoms with Gasteiger partial charge in [0.2, 0.25) is 0 Å². The van der Waals surface area contributed by atoms with Crippen molar-refractivity contribution in [2.75, 3.05) is 18.2 Å². The number of nitrogen functional groups attached to an aromatic ring is 1. The van der Waals surface area contributed by atoms with Crippen LogP contribution in [0.4, 0.5) is 17.1 Å². The van der Waals surface area contributed by atoms with Crippen LogP contribution in [0.25, 0.3) is 0 Å². The monoisotopic (exact) mass is 334 g/mol. The number of anilines is 3. The summed E-state index contributed by atoms with van der Waals surface area (Å²) in [6, 6.07) is 11.0. The summed E-state index contributed by atoms with van der Waals surface area (Å²) in [6.07, 6.45) is 0. The van der Waals surface area contributed by atoms with Crippen molar-refractivity contribution in [1.29, 1.82) is 0 Å². The lowest BCUT2D eigenvalue weighted by Crippen LogP contribution is -2.08. The normalized spacial score (nSPS) is 10.2. The average Bonchev–Trinajstić information content (AvgIpc) is 2.42. The topological polar surface area (TPSA) is 64.3 Å². The molecule has 0 radical (unpaired) electrons. The van der Waals surface area contributed by atoms with Crippen LogP contribution in [0, 0.1) is 6.92 Å². The first kappa shape index (κ1) is 14.4. The first-order chi connectivity index (χ1) is 9.52. The molecular weight excluding hydrogens is 320 g/mol. The number of esters is 1. The van der Waals surface area contributed by atoms with Gasteiger partial charge in [0.05, 0.1) is 29.7 Å². The van der Waals surface area contributed by atoms with Gasteiger partial charge < -0.3 is 15.8 Å². The third kappa shape index (κ3) is 2.93. The molecule has 0 aliphatic carbocycles. The van der Waals surface area contributed by atoms with Crippen LogP contribution in [-0.2, 0) is 4.74 Å². The molecule has 20 heavy (non-hydrogen) atoms. The van der Waals surface area contributed by atoms with Crippen LogP contribution in [0.3, 0.4) is 0 Å². The van der Waals surface area contributed by atoms with Crippen LogP contribution in [0.2, 0.25) is 0 Å². The third-order valence-electron chi connectivity index (χ3n) is 2.89. The molecule has 4 nitrogen and oxygen atoms in total. The minimum absolute atomic E-state index is 0.403. The lowest BCUT2D eigenvalue weighted by molar-refractivity contribution is 0.0602. The smallest absolute Gasteiger partial charge is 0.340 e. The molecule has 0 amide bonds. The van der Waals surface area contributed by atoms with E-state index in [4.69, 9.17) is 10.5 Å². The fourth-order valence-corrected chi connectivity index (χ4v) is 2.44. The number of methoxy groups -OCH3 is 1. The highest BCUT2D eigenvalue weighted by Crippen LogP contribution is 2.32. The number of hydrogen-bond acceptors (Lipinski definition) is 4. The molecule has 5 heteroatoms. The molecule has 0 bridgehead atoms. The Balaban J connectivity index is 2.45. The number of para-hydroxylation sites is 1. The summed E-state index contributed by atoms with van der Waals surface area (Å²) in [5.74, 6) is -0.428. The van der Waals surface area contributed by atoms with Gasteiger partial charge in [-0.1, -0.05) is 12.1 Å². The van der Waals surface area contributed by atoms with E-state index >= 15 is 0 Å². The van der Waals surface area contributed by atoms with Crippen LogP contribution < -0.4 is 11.1 Å². The Morgan fingerprint density at radius 2 is 2.05 bits per heavy atom. The number of halogens is 1. The molecule has 0 saturated heterocycles. The molecule has 0 spiro atoms. The zero-order valence-electron chi connectivity index (χ0n) is 11.2. The molecular formula is C15H15BrN2O2. The largest absolute Gasteiger partial charge is 0.465 e. The Hall–Kier alpha value is -2.01. The van der Waals surface area contributed by atoms with E-state index in [0.29, 0.717) is 16.9 Å². The first-order valence-electron chi connectivity index (χ1n) is 6.03. The Bertz CT molecular complexity index is 656. The summed E-state index contributed by atoms with van der Waals surface area (Å²) in [5.41, 5.74) is 9.36. The van der Waals surface area contributed by atoms with Crippen LogP contribution in [0.15, 0.2) is 40.9 Å². The Morgan fingerprint density at radius 1 is 1.30 bits per heavy atom. The fraction of sp³-hybridized carbons (Fsp3) is 0.133. The first-order valence-corrected chi connectivity index (χ1v) is 6.82. The summed E-state index contributed by atoms with van der Waals surface area (Å²) in [6.45, 7) is 2.01. The van der Waals surface area contributed by atoms with E-state index in [1.807, 2.05) is 25.1 Å². The van der Waals surface area contributed by atoms with Crippen molar-refractivity contribution in [3.05, 3.63) is 52.0 Å². The molecule has 0 unspecified atom stereocenters. The van der Waals surface area contributed by atoms with Gasteiger partial charge in [0, 0.05) is 4.47 Å². The summed E-state index contributed by atoms with van der Waals surface area (Å²) in [4.78, 5) is 11.8. The second-order valence-corrected chi connectivity index (χ2v) is 5.22. The van der Waals surface area contributed by atoms with Crippen LogP contribution in [0.1, 0.15) is 15.9 Å². The van der Waals surface area contributed by atoms with Crippen molar-refractivity contribution in [1.82, 2.24) is 0 Å². The number of rotatable bonds is 3. The number of hydrogen-bond donors (Lipinski definition) is 2. The third-order valence-corrected chi connectivity index (χ3v) is 3.54. The van der Waals surface area contributed by atoms with Crippen molar-refractivity contribution >= 4 is 39.0 Å². The lowest BCUT2D eigenvalue weighted by atomic mass is 10.1. The molecule has 0 aliphatic rings. The van der Waals surface area contributed by atoms with Gasteiger partial charge >= 0.3 is 5.97 Å². The van der Waals surface area contributed by atoms with Crippen LogP contribution >= 0.6 is 15.9 Å². The maximum atomic E-state index is 11.8. The van der Waals surface area contributed by atoms with Gasteiger partial charge in [-0.3, -0.25) is 0 Å². The standard InChI is InChI=1S/C15H15BrN2O2/c1-9-6-7-13(11(16)8-9)18-14-10(15(19)20-2)4-3-5-12(14)17/h3-8,18H,17H2,1-2H3. The maximum Gasteiger partial charge on any atom is 0.340 e. The summed E-state index contributed by atoms with van der Waals surface area (Å²) in [7, 11) is 1.34. The SMILES string of the molecule is COC(=O)c1cccc(N)c1Nc1ccc(C)cc1Br. The molecule has 0 atom stereocenters. The van der Waals surface area contributed by atoms with E-state index in [9.17, 15) is 4.79 Å². The van der Waals surface area contributed by atoms with E-state index in [1.165, 1.54) is 7.11 Å². The molecule has 104 valence electrons. The zero-order valence-corrected chi connectivity index (χ0v) is 12.8.